The maximum Gasteiger partial charge on any atom is 0.333 e. The predicted molar refractivity (Wildman–Crippen MR) is 81.6 cm³/mol. The highest BCUT2D eigenvalue weighted by molar-refractivity contribution is 9.09. The lowest BCUT2D eigenvalue weighted by molar-refractivity contribution is -0.147. The first-order valence-corrected chi connectivity index (χ1v) is 7.79. The van der Waals surface area contributed by atoms with Crippen LogP contribution in [0.1, 0.15) is 13.8 Å². The average Bonchev–Trinajstić information content (AvgIpc) is 2.38. The molecule has 0 heterocycles. The Labute approximate surface area is 130 Å². The molecule has 0 aromatic carbocycles. The van der Waals surface area contributed by atoms with Gasteiger partial charge in [0.05, 0.1) is 5.41 Å². The zero-order valence-corrected chi connectivity index (χ0v) is 14.3. The Morgan fingerprint density at radius 3 is 1.47 bits per heavy atom. The maximum atomic E-state index is 11.4. The topological polar surface area (TPSA) is 52.6 Å². The molecule has 0 saturated heterocycles. The molecule has 0 aliphatic rings. The third-order valence-electron chi connectivity index (χ3n) is 2.28. The normalized spacial score (nSPS) is 10.7. The van der Waals surface area contributed by atoms with E-state index >= 15 is 0 Å². The minimum atomic E-state index is -0.518. The summed E-state index contributed by atoms with van der Waals surface area (Å²) in [6.07, 6.45) is 0. The second-order valence-corrected chi connectivity index (χ2v) is 5.60. The molecule has 4 nitrogen and oxygen atoms in total. The van der Waals surface area contributed by atoms with Gasteiger partial charge in [-0.2, -0.15) is 0 Å². The molecule has 0 aliphatic heterocycles. The number of halogens is 2. The van der Waals surface area contributed by atoms with Crippen LogP contribution in [0.2, 0.25) is 0 Å². The number of carbonyl (C=O) groups excluding carboxylic acids is 2. The van der Waals surface area contributed by atoms with Gasteiger partial charge in [0.25, 0.3) is 0 Å². The van der Waals surface area contributed by atoms with Gasteiger partial charge in [-0.15, -0.1) is 0 Å². The second kappa shape index (κ2) is 8.53. The molecule has 0 N–H and O–H groups in total. The van der Waals surface area contributed by atoms with Crippen molar-refractivity contribution < 1.29 is 19.1 Å². The first kappa shape index (κ1) is 18.4. The zero-order chi connectivity index (χ0) is 15.1. The van der Waals surface area contributed by atoms with Crippen molar-refractivity contribution in [2.75, 3.05) is 23.9 Å². The Kier molecular flexibility index (Phi) is 8.25. The minimum absolute atomic E-state index is 0.124. The molecule has 0 aromatic rings. The lowest BCUT2D eigenvalue weighted by Gasteiger charge is -2.28. The molecule has 0 spiro atoms. The highest BCUT2D eigenvalue weighted by Gasteiger charge is 2.32. The molecule has 0 unspecified atom stereocenters. The molecule has 0 amide bonds. The molecule has 0 aromatic heterocycles. The van der Waals surface area contributed by atoms with Gasteiger partial charge in [0.2, 0.25) is 0 Å². The Morgan fingerprint density at radius 1 is 0.947 bits per heavy atom. The van der Waals surface area contributed by atoms with Gasteiger partial charge < -0.3 is 9.47 Å². The van der Waals surface area contributed by atoms with Gasteiger partial charge in [0, 0.05) is 21.8 Å². The fourth-order valence-electron chi connectivity index (χ4n) is 0.915. The molecular weight excluding hydrogens is 380 g/mol. The molecule has 0 aliphatic carbocycles. The average molecular weight is 398 g/mol. The van der Waals surface area contributed by atoms with E-state index in [2.05, 4.69) is 45.0 Å². The summed E-state index contributed by atoms with van der Waals surface area (Å²) in [7, 11) is 0. The van der Waals surface area contributed by atoms with Crippen LogP contribution in [0.4, 0.5) is 0 Å². The van der Waals surface area contributed by atoms with Crippen molar-refractivity contribution in [2.45, 2.75) is 13.8 Å². The third-order valence-corrected chi connectivity index (χ3v) is 4.66. The van der Waals surface area contributed by atoms with E-state index in [-0.39, 0.29) is 13.2 Å². The van der Waals surface area contributed by atoms with Crippen molar-refractivity contribution in [3.8, 4) is 0 Å². The van der Waals surface area contributed by atoms with Crippen molar-refractivity contribution >= 4 is 43.8 Å². The SMILES string of the molecule is C=C(C)C(=O)OCC(CBr)(CBr)COC(=O)C(=C)C. The standard InChI is InChI=1S/C13H18Br2O4/c1-9(2)11(16)18-7-13(5-14,6-15)8-19-12(17)10(3)4/h1,3,5-8H2,2,4H3. The number of rotatable bonds is 8. The summed E-state index contributed by atoms with van der Waals surface area (Å²) < 4.78 is 10.3. The summed E-state index contributed by atoms with van der Waals surface area (Å²) in [5, 5.41) is 1.02. The molecule has 0 bridgehead atoms. The molecule has 0 radical (unpaired) electrons. The highest BCUT2D eigenvalue weighted by Crippen LogP contribution is 2.25. The zero-order valence-electron chi connectivity index (χ0n) is 11.1. The van der Waals surface area contributed by atoms with Gasteiger partial charge >= 0.3 is 11.9 Å². The van der Waals surface area contributed by atoms with E-state index < -0.39 is 17.4 Å². The summed E-state index contributed by atoms with van der Waals surface area (Å²) >= 11 is 6.70. The van der Waals surface area contributed by atoms with Gasteiger partial charge in [-0.3, -0.25) is 0 Å². The van der Waals surface area contributed by atoms with Crippen molar-refractivity contribution in [3.05, 3.63) is 24.3 Å². The Morgan fingerprint density at radius 2 is 1.26 bits per heavy atom. The number of ether oxygens (including phenoxy) is 2. The Bertz CT molecular complexity index is 341. The van der Waals surface area contributed by atoms with Gasteiger partial charge in [0.1, 0.15) is 13.2 Å². The van der Waals surface area contributed by atoms with E-state index in [1.54, 1.807) is 13.8 Å². The fraction of sp³-hybridized carbons (Fsp3) is 0.538. The Hall–Kier alpha value is -0.620. The molecule has 108 valence electrons. The van der Waals surface area contributed by atoms with Crippen molar-refractivity contribution in [1.29, 1.82) is 0 Å². The summed E-state index contributed by atoms with van der Waals surface area (Å²) in [4.78, 5) is 22.8. The smallest absolute Gasteiger partial charge is 0.333 e. The monoisotopic (exact) mass is 396 g/mol. The predicted octanol–water partition coefficient (Wildman–Crippen LogP) is 3.00. The quantitative estimate of drug-likeness (QED) is 0.359. The van der Waals surface area contributed by atoms with Gasteiger partial charge in [0.15, 0.2) is 0 Å². The molecule has 19 heavy (non-hydrogen) atoms. The van der Waals surface area contributed by atoms with E-state index in [0.717, 1.165) is 0 Å². The van der Waals surface area contributed by atoms with E-state index in [4.69, 9.17) is 9.47 Å². The van der Waals surface area contributed by atoms with Crippen molar-refractivity contribution in [3.63, 3.8) is 0 Å². The van der Waals surface area contributed by atoms with E-state index in [9.17, 15) is 9.59 Å². The van der Waals surface area contributed by atoms with Crippen LogP contribution in [0.3, 0.4) is 0 Å². The molecule has 0 saturated carbocycles. The van der Waals surface area contributed by atoms with Gasteiger partial charge in [-0.05, 0) is 13.8 Å². The van der Waals surface area contributed by atoms with Crippen LogP contribution in [-0.4, -0.2) is 35.8 Å². The van der Waals surface area contributed by atoms with Crippen LogP contribution in [0.25, 0.3) is 0 Å². The van der Waals surface area contributed by atoms with E-state index in [1.165, 1.54) is 0 Å². The number of hydrogen-bond acceptors (Lipinski definition) is 4. The van der Waals surface area contributed by atoms with Gasteiger partial charge in [-0.1, -0.05) is 45.0 Å². The van der Waals surface area contributed by atoms with Crippen LogP contribution in [-0.2, 0) is 19.1 Å². The number of esters is 2. The number of hydrogen-bond donors (Lipinski definition) is 0. The number of alkyl halides is 2. The van der Waals surface area contributed by atoms with Crippen molar-refractivity contribution in [2.24, 2.45) is 5.41 Å². The van der Waals surface area contributed by atoms with Crippen LogP contribution in [0.5, 0.6) is 0 Å². The Balaban J connectivity index is 4.58. The molecular formula is C13H18Br2O4. The fourth-order valence-corrected chi connectivity index (χ4v) is 2.49. The number of carbonyl (C=O) groups is 2. The van der Waals surface area contributed by atoms with Gasteiger partial charge in [-0.25, -0.2) is 9.59 Å². The summed E-state index contributed by atoms with van der Waals surface area (Å²) in [6, 6.07) is 0. The third kappa shape index (κ3) is 6.38. The molecule has 0 atom stereocenters. The maximum absolute atomic E-state index is 11.4. The first-order valence-electron chi connectivity index (χ1n) is 5.55. The van der Waals surface area contributed by atoms with Crippen LogP contribution in [0.15, 0.2) is 24.3 Å². The minimum Gasteiger partial charge on any atom is -0.462 e. The summed E-state index contributed by atoms with van der Waals surface area (Å²) in [6.45, 7) is 10.4. The lowest BCUT2D eigenvalue weighted by Crippen LogP contribution is -2.37. The van der Waals surface area contributed by atoms with Crippen LogP contribution >= 0.6 is 31.9 Å². The van der Waals surface area contributed by atoms with Crippen LogP contribution < -0.4 is 0 Å². The molecule has 6 heteroatoms. The van der Waals surface area contributed by atoms with Crippen LogP contribution in [0, 0.1) is 5.41 Å². The summed E-state index contributed by atoms with van der Waals surface area (Å²) in [5.74, 6) is -0.921. The van der Waals surface area contributed by atoms with E-state index in [0.29, 0.717) is 21.8 Å². The first-order chi connectivity index (χ1) is 8.78. The van der Waals surface area contributed by atoms with E-state index in [1.807, 2.05) is 0 Å². The second-order valence-electron chi connectivity index (χ2n) is 4.48. The molecule has 0 rings (SSSR count). The summed E-state index contributed by atoms with van der Waals surface area (Å²) in [5.41, 5.74) is 0.143. The highest BCUT2D eigenvalue weighted by atomic mass is 79.9. The van der Waals surface area contributed by atoms with Crippen molar-refractivity contribution in [1.82, 2.24) is 0 Å². The lowest BCUT2D eigenvalue weighted by atomic mass is 9.96. The largest absolute Gasteiger partial charge is 0.462 e. The molecule has 0 fully saturated rings.